The highest BCUT2D eigenvalue weighted by atomic mass is 32.2. The number of likely N-dealkylation sites (N-methyl/N-ethyl adjacent to an activating group) is 1. The number of carbonyl (C=O) groups excluding carboxylic acids is 1. The summed E-state index contributed by atoms with van der Waals surface area (Å²) in [6.07, 6.45) is 0.0213. The third kappa shape index (κ3) is 3.82. The zero-order valence-corrected chi connectivity index (χ0v) is 18.3. The molecule has 1 amide bonds. The molecular formula is C22H27N3O4S. The minimum atomic E-state index is -3.53. The van der Waals surface area contributed by atoms with Crippen molar-refractivity contribution in [3.05, 3.63) is 53.6 Å². The molecule has 2 atom stereocenters. The Kier molecular flexibility index (Phi) is 5.57. The van der Waals surface area contributed by atoms with Crippen molar-refractivity contribution in [3.8, 4) is 5.75 Å². The lowest BCUT2D eigenvalue weighted by Gasteiger charge is -2.31. The Bertz CT molecular complexity index is 1040. The third-order valence-electron chi connectivity index (χ3n) is 6.00. The summed E-state index contributed by atoms with van der Waals surface area (Å²) in [6.45, 7) is 6.46. The minimum absolute atomic E-state index is 0.0213. The Labute approximate surface area is 177 Å². The molecule has 0 aromatic heterocycles. The molecule has 1 saturated heterocycles. The van der Waals surface area contributed by atoms with Gasteiger partial charge in [0.05, 0.1) is 10.5 Å². The van der Waals surface area contributed by atoms with E-state index in [4.69, 9.17) is 4.74 Å². The maximum absolute atomic E-state index is 12.8. The molecule has 2 aliphatic heterocycles. The van der Waals surface area contributed by atoms with E-state index in [1.54, 1.807) is 30.3 Å². The maximum atomic E-state index is 12.8. The number of hydrogen-bond donors (Lipinski definition) is 1. The highest BCUT2D eigenvalue weighted by Crippen LogP contribution is 2.40. The van der Waals surface area contributed by atoms with E-state index >= 15 is 0 Å². The Morgan fingerprint density at radius 2 is 1.70 bits per heavy atom. The van der Waals surface area contributed by atoms with Crippen molar-refractivity contribution >= 4 is 21.6 Å². The highest BCUT2D eigenvalue weighted by molar-refractivity contribution is 7.89. The largest absolute Gasteiger partial charge is 0.489 e. The third-order valence-corrected chi connectivity index (χ3v) is 7.91. The zero-order valence-electron chi connectivity index (χ0n) is 17.5. The van der Waals surface area contributed by atoms with Crippen molar-refractivity contribution in [2.24, 2.45) is 0 Å². The Morgan fingerprint density at radius 3 is 2.37 bits per heavy atom. The highest BCUT2D eigenvalue weighted by Gasteiger charge is 2.31. The fraction of sp³-hybridized carbons (Fsp3) is 0.409. The van der Waals surface area contributed by atoms with Crippen LogP contribution in [0.25, 0.3) is 0 Å². The van der Waals surface area contributed by atoms with Crippen LogP contribution in [0, 0.1) is 0 Å². The van der Waals surface area contributed by atoms with Gasteiger partial charge in [-0.05, 0) is 44.3 Å². The van der Waals surface area contributed by atoms with E-state index in [9.17, 15) is 13.2 Å². The van der Waals surface area contributed by atoms with Crippen LogP contribution in [0.15, 0.2) is 47.4 Å². The number of piperazine rings is 1. The quantitative estimate of drug-likeness (QED) is 0.809. The molecular weight excluding hydrogens is 402 g/mol. The summed E-state index contributed by atoms with van der Waals surface area (Å²) in [5, 5.41) is 2.85. The van der Waals surface area contributed by atoms with Crippen LogP contribution in [-0.2, 0) is 10.0 Å². The average Bonchev–Trinajstić information content (AvgIpc) is 3.02. The summed E-state index contributed by atoms with van der Waals surface area (Å²) in [4.78, 5) is 15.2. The molecule has 160 valence electrons. The molecule has 0 aliphatic carbocycles. The SMILES string of the molecule is C[C@@H]1Oc2c(C(=O)Nc3ccc(S(=O)(=O)N4CCN(C)CC4)cc3)cccc2[C@@H]1C. The van der Waals surface area contributed by atoms with E-state index < -0.39 is 10.0 Å². The summed E-state index contributed by atoms with van der Waals surface area (Å²) >= 11 is 0. The summed E-state index contributed by atoms with van der Waals surface area (Å²) < 4.78 is 33.1. The van der Waals surface area contributed by atoms with Gasteiger partial charge < -0.3 is 15.0 Å². The van der Waals surface area contributed by atoms with Gasteiger partial charge in [-0.1, -0.05) is 19.1 Å². The summed E-state index contributed by atoms with van der Waals surface area (Å²) in [7, 11) is -1.55. The van der Waals surface area contributed by atoms with E-state index in [-0.39, 0.29) is 22.8 Å². The molecule has 2 aliphatic rings. The number of ether oxygens (including phenoxy) is 1. The predicted molar refractivity (Wildman–Crippen MR) is 116 cm³/mol. The Hall–Kier alpha value is -2.42. The molecule has 2 heterocycles. The lowest BCUT2D eigenvalue weighted by Crippen LogP contribution is -2.46. The number of sulfonamides is 1. The fourth-order valence-corrected chi connectivity index (χ4v) is 5.27. The van der Waals surface area contributed by atoms with Gasteiger partial charge in [0.25, 0.3) is 5.91 Å². The minimum Gasteiger partial charge on any atom is -0.489 e. The van der Waals surface area contributed by atoms with Crippen LogP contribution in [0.3, 0.4) is 0 Å². The normalized spacial score (nSPS) is 22.4. The van der Waals surface area contributed by atoms with E-state index in [1.165, 1.54) is 4.31 Å². The van der Waals surface area contributed by atoms with Gasteiger partial charge in [0.1, 0.15) is 11.9 Å². The van der Waals surface area contributed by atoms with Crippen molar-refractivity contribution in [3.63, 3.8) is 0 Å². The molecule has 0 radical (unpaired) electrons. The lowest BCUT2D eigenvalue weighted by molar-refractivity contribution is 0.102. The number of amides is 1. The van der Waals surface area contributed by atoms with Crippen molar-refractivity contribution in [2.75, 3.05) is 38.5 Å². The van der Waals surface area contributed by atoms with Gasteiger partial charge in [0, 0.05) is 43.3 Å². The van der Waals surface area contributed by atoms with Gasteiger partial charge in [0.15, 0.2) is 0 Å². The van der Waals surface area contributed by atoms with Crippen LogP contribution in [0.5, 0.6) is 5.75 Å². The first-order valence-corrected chi connectivity index (χ1v) is 11.6. The molecule has 7 nitrogen and oxygen atoms in total. The Morgan fingerprint density at radius 1 is 1.03 bits per heavy atom. The number of rotatable bonds is 4. The van der Waals surface area contributed by atoms with Crippen LogP contribution < -0.4 is 10.1 Å². The number of nitrogens with one attached hydrogen (secondary N) is 1. The van der Waals surface area contributed by atoms with Gasteiger partial charge in [-0.25, -0.2) is 8.42 Å². The second-order valence-electron chi connectivity index (χ2n) is 8.02. The number of anilines is 1. The number of benzene rings is 2. The van der Waals surface area contributed by atoms with Crippen LogP contribution in [0.1, 0.15) is 35.7 Å². The van der Waals surface area contributed by atoms with E-state index in [0.29, 0.717) is 43.2 Å². The molecule has 2 aromatic carbocycles. The van der Waals surface area contributed by atoms with Crippen molar-refractivity contribution in [2.45, 2.75) is 30.8 Å². The van der Waals surface area contributed by atoms with E-state index in [1.807, 2.05) is 26.1 Å². The standard InChI is InChI=1S/C22H27N3O4S/c1-15-16(2)29-21-19(15)5-4-6-20(21)22(26)23-17-7-9-18(10-8-17)30(27,28)25-13-11-24(3)12-14-25/h4-10,15-16H,11-14H2,1-3H3,(H,23,26)/t15-,16+/m1/s1. The van der Waals surface area contributed by atoms with Crippen LogP contribution in [0.4, 0.5) is 5.69 Å². The number of carbonyl (C=O) groups is 1. The lowest BCUT2D eigenvalue weighted by atomic mass is 9.97. The number of fused-ring (bicyclic) bond motifs is 1. The zero-order chi connectivity index (χ0) is 21.5. The summed E-state index contributed by atoms with van der Waals surface area (Å²) in [5.41, 5.74) is 2.05. The molecule has 4 rings (SSSR count). The Balaban J connectivity index is 1.49. The van der Waals surface area contributed by atoms with Gasteiger partial charge in [0.2, 0.25) is 10.0 Å². The average molecular weight is 430 g/mol. The smallest absolute Gasteiger partial charge is 0.259 e. The van der Waals surface area contributed by atoms with Crippen LogP contribution >= 0.6 is 0 Å². The molecule has 0 spiro atoms. The summed E-state index contributed by atoms with van der Waals surface area (Å²) in [5.74, 6) is 0.582. The molecule has 1 fully saturated rings. The maximum Gasteiger partial charge on any atom is 0.259 e. The molecule has 1 N–H and O–H groups in total. The van der Waals surface area contributed by atoms with Crippen LogP contribution in [-0.4, -0.2) is 62.9 Å². The second kappa shape index (κ2) is 8.02. The topological polar surface area (TPSA) is 78.9 Å². The first-order chi connectivity index (χ1) is 14.3. The molecule has 0 unspecified atom stereocenters. The fourth-order valence-electron chi connectivity index (χ4n) is 3.85. The molecule has 8 heteroatoms. The summed E-state index contributed by atoms with van der Waals surface area (Å²) in [6, 6.07) is 11.9. The van der Waals surface area contributed by atoms with E-state index in [0.717, 1.165) is 5.56 Å². The molecule has 2 aromatic rings. The van der Waals surface area contributed by atoms with Crippen molar-refractivity contribution in [1.29, 1.82) is 0 Å². The second-order valence-corrected chi connectivity index (χ2v) is 9.96. The number of hydrogen-bond acceptors (Lipinski definition) is 5. The van der Waals surface area contributed by atoms with Crippen LogP contribution in [0.2, 0.25) is 0 Å². The van der Waals surface area contributed by atoms with Gasteiger partial charge in [-0.15, -0.1) is 0 Å². The molecule has 30 heavy (non-hydrogen) atoms. The number of para-hydroxylation sites is 1. The van der Waals surface area contributed by atoms with Gasteiger partial charge in [-0.3, -0.25) is 4.79 Å². The predicted octanol–water partition coefficient (Wildman–Crippen LogP) is 2.76. The monoisotopic (exact) mass is 429 g/mol. The first-order valence-electron chi connectivity index (χ1n) is 10.2. The van der Waals surface area contributed by atoms with Gasteiger partial charge >= 0.3 is 0 Å². The van der Waals surface area contributed by atoms with E-state index in [2.05, 4.69) is 17.1 Å². The van der Waals surface area contributed by atoms with Crippen molar-refractivity contribution in [1.82, 2.24) is 9.21 Å². The molecule has 0 saturated carbocycles. The molecule has 0 bridgehead atoms. The van der Waals surface area contributed by atoms with Gasteiger partial charge in [-0.2, -0.15) is 4.31 Å². The van der Waals surface area contributed by atoms with Crippen molar-refractivity contribution < 1.29 is 17.9 Å². The first kappa shape index (κ1) is 20.8. The number of nitrogens with zero attached hydrogens (tertiary/aromatic N) is 2.